The minimum Gasteiger partial charge on any atom is -0.477 e. The number of aromatic carboxylic acids is 1. The van der Waals surface area contributed by atoms with Gasteiger partial charge < -0.3 is 5.11 Å². The summed E-state index contributed by atoms with van der Waals surface area (Å²) in [6.45, 7) is 1.96. The fraction of sp³-hybridized carbons (Fsp3) is 0.273. The molecule has 4 nitrogen and oxygen atoms in total. The Morgan fingerprint density at radius 2 is 2.38 bits per heavy atom. The summed E-state index contributed by atoms with van der Waals surface area (Å²) in [6, 6.07) is 0. The lowest BCUT2D eigenvalue weighted by Crippen LogP contribution is -2.05. The summed E-state index contributed by atoms with van der Waals surface area (Å²) >= 11 is 1.36. The SMILES string of the molecule is Cc1sc(C(=O)O)c2c1-c1[nH]ncc1CC2. The van der Waals surface area contributed by atoms with Crippen LogP contribution in [0, 0.1) is 6.92 Å². The zero-order valence-corrected chi connectivity index (χ0v) is 9.52. The van der Waals surface area contributed by atoms with Crippen molar-refractivity contribution in [3.8, 4) is 11.3 Å². The smallest absolute Gasteiger partial charge is 0.346 e. The van der Waals surface area contributed by atoms with Crippen molar-refractivity contribution in [2.24, 2.45) is 0 Å². The molecular weight excluding hydrogens is 224 g/mol. The maximum absolute atomic E-state index is 11.1. The van der Waals surface area contributed by atoms with Crippen LogP contribution in [-0.2, 0) is 12.8 Å². The number of hydrogen-bond donors (Lipinski definition) is 2. The first-order chi connectivity index (χ1) is 7.68. The minimum atomic E-state index is -0.822. The highest BCUT2D eigenvalue weighted by molar-refractivity contribution is 7.14. The lowest BCUT2D eigenvalue weighted by Gasteiger charge is -2.12. The molecular formula is C11H10N2O2S. The van der Waals surface area contributed by atoms with E-state index >= 15 is 0 Å². The molecule has 0 aromatic carbocycles. The number of nitrogens with one attached hydrogen (secondary N) is 1. The van der Waals surface area contributed by atoms with Gasteiger partial charge in [0.25, 0.3) is 0 Å². The maximum Gasteiger partial charge on any atom is 0.346 e. The van der Waals surface area contributed by atoms with E-state index in [1.54, 1.807) is 0 Å². The van der Waals surface area contributed by atoms with Gasteiger partial charge in [-0.05, 0) is 30.9 Å². The number of carbonyl (C=O) groups is 1. The Kier molecular flexibility index (Phi) is 1.91. The highest BCUT2D eigenvalue weighted by Crippen LogP contribution is 2.40. The Labute approximate surface area is 95.9 Å². The van der Waals surface area contributed by atoms with Gasteiger partial charge in [0.15, 0.2) is 0 Å². The highest BCUT2D eigenvalue weighted by atomic mass is 32.1. The number of fused-ring (bicyclic) bond motifs is 3. The first-order valence-corrected chi connectivity index (χ1v) is 5.88. The molecule has 2 N–H and O–H groups in total. The van der Waals surface area contributed by atoms with E-state index in [9.17, 15) is 4.79 Å². The minimum absolute atomic E-state index is 0.479. The molecule has 0 radical (unpaired) electrons. The van der Waals surface area contributed by atoms with Crippen LogP contribution >= 0.6 is 11.3 Å². The van der Waals surface area contributed by atoms with Gasteiger partial charge in [0, 0.05) is 10.4 Å². The molecule has 0 aliphatic heterocycles. The number of carboxylic acids is 1. The number of aryl methyl sites for hydroxylation is 2. The summed E-state index contributed by atoms with van der Waals surface area (Å²) in [6.07, 6.45) is 3.50. The highest BCUT2D eigenvalue weighted by Gasteiger charge is 2.27. The molecule has 0 fully saturated rings. The largest absolute Gasteiger partial charge is 0.477 e. The van der Waals surface area contributed by atoms with Gasteiger partial charge in [-0.3, -0.25) is 5.10 Å². The Morgan fingerprint density at radius 3 is 3.12 bits per heavy atom. The number of hydrogen-bond acceptors (Lipinski definition) is 3. The summed E-state index contributed by atoms with van der Waals surface area (Å²) in [5, 5.41) is 16.1. The number of thiophene rings is 1. The standard InChI is InChI=1S/C11H10N2O2S/c1-5-8-7(10(16-5)11(14)15)3-2-6-4-12-13-9(6)8/h4H,2-3H2,1H3,(H,12,13)(H,14,15). The van der Waals surface area contributed by atoms with Crippen molar-refractivity contribution < 1.29 is 9.90 Å². The van der Waals surface area contributed by atoms with Crippen LogP contribution in [-0.4, -0.2) is 21.3 Å². The van der Waals surface area contributed by atoms with E-state index < -0.39 is 5.97 Å². The molecule has 2 heterocycles. The maximum atomic E-state index is 11.1. The number of nitrogens with zero attached hydrogens (tertiary/aromatic N) is 1. The van der Waals surface area contributed by atoms with Crippen molar-refractivity contribution in [3.63, 3.8) is 0 Å². The van der Waals surface area contributed by atoms with Gasteiger partial charge >= 0.3 is 5.97 Å². The van der Waals surface area contributed by atoms with Gasteiger partial charge in [0.1, 0.15) is 4.88 Å². The average molecular weight is 234 g/mol. The molecule has 16 heavy (non-hydrogen) atoms. The van der Waals surface area contributed by atoms with Gasteiger partial charge in [-0.2, -0.15) is 5.10 Å². The first kappa shape index (κ1) is 9.59. The van der Waals surface area contributed by atoms with Crippen LogP contribution in [0.5, 0.6) is 0 Å². The zero-order valence-electron chi connectivity index (χ0n) is 8.70. The van der Waals surface area contributed by atoms with Gasteiger partial charge in [-0.1, -0.05) is 0 Å². The number of rotatable bonds is 1. The predicted molar refractivity (Wildman–Crippen MR) is 61.0 cm³/mol. The molecule has 0 saturated carbocycles. The van der Waals surface area contributed by atoms with Crippen molar-refractivity contribution in [2.75, 3.05) is 0 Å². The lowest BCUT2D eigenvalue weighted by atomic mass is 9.91. The summed E-state index contributed by atoms with van der Waals surface area (Å²) in [5.74, 6) is -0.822. The predicted octanol–water partition coefficient (Wildman–Crippen LogP) is 2.24. The van der Waals surface area contributed by atoms with Crippen LogP contribution in [0.1, 0.15) is 25.7 Å². The van der Waals surface area contributed by atoms with Crippen molar-refractivity contribution in [1.29, 1.82) is 0 Å². The molecule has 0 saturated heterocycles. The Morgan fingerprint density at radius 1 is 1.56 bits per heavy atom. The van der Waals surface area contributed by atoms with Gasteiger partial charge in [0.05, 0.1) is 11.9 Å². The Bertz CT molecular complexity index is 583. The normalized spacial score (nSPS) is 13.3. The van der Waals surface area contributed by atoms with Crippen LogP contribution in [0.2, 0.25) is 0 Å². The zero-order chi connectivity index (χ0) is 11.3. The molecule has 1 aliphatic carbocycles. The topological polar surface area (TPSA) is 66.0 Å². The summed E-state index contributed by atoms with van der Waals surface area (Å²) < 4.78 is 0. The van der Waals surface area contributed by atoms with Crippen LogP contribution < -0.4 is 0 Å². The van der Waals surface area contributed by atoms with Crippen LogP contribution in [0.4, 0.5) is 0 Å². The monoisotopic (exact) mass is 234 g/mol. The molecule has 0 atom stereocenters. The van der Waals surface area contributed by atoms with Crippen molar-refractivity contribution >= 4 is 17.3 Å². The molecule has 2 aromatic heterocycles. The average Bonchev–Trinajstić information content (AvgIpc) is 2.81. The molecule has 2 aromatic rings. The van der Waals surface area contributed by atoms with Gasteiger partial charge in [-0.25, -0.2) is 4.79 Å². The quantitative estimate of drug-likeness (QED) is 0.795. The van der Waals surface area contributed by atoms with Crippen LogP contribution in [0.25, 0.3) is 11.3 Å². The third-order valence-corrected chi connectivity index (χ3v) is 4.12. The molecule has 1 aliphatic rings. The van der Waals surface area contributed by atoms with E-state index in [0.29, 0.717) is 4.88 Å². The Hall–Kier alpha value is -1.62. The third-order valence-electron chi connectivity index (χ3n) is 2.99. The third kappa shape index (κ3) is 1.15. The summed E-state index contributed by atoms with van der Waals surface area (Å²) in [5.41, 5.74) is 4.21. The van der Waals surface area contributed by atoms with E-state index in [0.717, 1.165) is 34.5 Å². The number of H-pyrrole nitrogens is 1. The van der Waals surface area contributed by atoms with Crippen LogP contribution in [0.15, 0.2) is 6.20 Å². The second-order valence-corrected chi connectivity index (χ2v) is 5.14. The van der Waals surface area contributed by atoms with E-state index in [-0.39, 0.29) is 0 Å². The van der Waals surface area contributed by atoms with Crippen molar-refractivity contribution in [2.45, 2.75) is 19.8 Å². The van der Waals surface area contributed by atoms with Crippen molar-refractivity contribution in [1.82, 2.24) is 10.2 Å². The molecule has 0 unspecified atom stereocenters. The molecule has 0 bridgehead atoms. The van der Waals surface area contributed by atoms with Gasteiger partial charge in [-0.15, -0.1) is 11.3 Å². The Balaban J connectivity index is 2.30. The molecule has 0 spiro atoms. The second-order valence-electron chi connectivity index (χ2n) is 3.92. The molecule has 0 amide bonds. The number of aromatic nitrogens is 2. The molecule has 82 valence electrons. The fourth-order valence-electron chi connectivity index (χ4n) is 2.31. The summed E-state index contributed by atoms with van der Waals surface area (Å²) in [4.78, 5) is 12.7. The summed E-state index contributed by atoms with van der Waals surface area (Å²) in [7, 11) is 0. The lowest BCUT2D eigenvalue weighted by molar-refractivity contribution is 0.0701. The van der Waals surface area contributed by atoms with Crippen LogP contribution in [0.3, 0.4) is 0 Å². The molecule has 3 rings (SSSR count). The van der Waals surface area contributed by atoms with E-state index in [2.05, 4.69) is 10.2 Å². The first-order valence-electron chi connectivity index (χ1n) is 5.06. The van der Waals surface area contributed by atoms with E-state index in [4.69, 9.17) is 5.11 Å². The fourth-order valence-corrected chi connectivity index (χ4v) is 3.35. The van der Waals surface area contributed by atoms with E-state index in [1.807, 2.05) is 13.1 Å². The number of carboxylic acid groups (broad SMARTS) is 1. The van der Waals surface area contributed by atoms with Gasteiger partial charge in [0.2, 0.25) is 0 Å². The second kappa shape index (κ2) is 3.18. The van der Waals surface area contributed by atoms with Crippen molar-refractivity contribution in [3.05, 3.63) is 27.1 Å². The number of aromatic amines is 1. The molecule has 5 heteroatoms. The van der Waals surface area contributed by atoms with E-state index in [1.165, 1.54) is 16.9 Å².